The Labute approximate surface area is 101 Å². The summed E-state index contributed by atoms with van der Waals surface area (Å²) < 4.78 is 53.9. The molecule has 0 spiro atoms. The van der Waals surface area contributed by atoms with E-state index < -0.39 is 19.0 Å². The number of anilines is 1. The van der Waals surface area contributed by atoms with Crippen molar-refractivity contribution >= 4 is 5.82 Å². The Balaban J connectivity index is 2.77. The van der Waals surface area contributed by atoms with Crippen molar-refractivity contribution in [3.05, 3.63) is 11.9 Å². The summed E-state index contributed by atoms with van der Waals surface area (Å²) in [6, 6.07) is 0. The first-order chi connectivity index (χ1) is 8.38. The smallest absolute Gasteiger partial charge is 0.340 e. The van der Waals surface area contributed by atoms with E-state index >= 15 is 0 Å². The summed E-state index contributed by atoms with van der Waals surface area (Å²) in [6.45, 7) is 2.53. The molecule has 1 rings (SSSR count). The van der Waals surface area contributed by atoms with Crippen molar-refractivity contribution in [2.45, 2.75) is 26.2 Å². The zero-order valence-corrected chi connectivity index (χ0v) is 9.88. The van der Waals surface area contributed by atoms with Gasteiger partial charge in [-0.3, -0.25) is 0 Å². The van der Waals surface area contributed by atoms with E-state index in [-0.39, 0.29) is 5.88 Å². The van der Waals surface area contributed by atoms with Crippen molar-refractivity contribution in [2.75, 3.05) is 18.5 Å². The van der Waals surface area contributed by atoms with Gasteiger partial charge in [-0.1, -0.05) is 0 Å². The second kappa shape index (κ2) is 5.83. The summed E-state index contributed by atoms with van der Waals surface area (Å²) in [5, 5.41) is 2.87. The maximum Gasteiger partial charge on any atom is 0.340 e. The highest BCUT2D eigenvalue weighted by Crippen LogP contribution is 2.26. The Morgan fingerprint density at radius 1 is 1.39 bits per heavy atom. The van der Waals surface area contributed by atoms with Crippen molar-refractivity contribution in [3.63, 3.8) is 0 Å². The van der Waals surface area contributed by atoms with E-state index in [0.29, 0.717) is 17.9 Å². The van der Waals surface area contributed by atoms with Gasteiger partial charge in [0.15, 0.2) is 6.61 Å². The summed E-state index contributed by atoms with van der Waals surface area (Å²) >= 11 is 0. The average molecular weight is 267 g/mol. The quantitative estimate of drug-likeness (QED) is 0.804. The van der Waals surface area contributed by atoms with E-state index in [9.17, 15) is 17.6 Å². The van der Waals surface area contributed by atoms with Gasteiger partial charge in [-0.25, -0.2) is 18.7 Å². The Morgan fingerprint density at radius 2 is 2.06 bits per heavy atom. The van der Waals surface area contributed by atoms with Crippen LogP contribution >= 0.6 is 0 Å². The molecule has 4 nitrogen and oxygen atoms in total. The highest BCUT2D eigenvalue weighted by Gasteiger charge is 2.42. The molecule has 1 aromatic rings. The van der Waals surface area contributed by atoms with Gasteiger partial charge < -0.3 is 10.1 Å². The van der Waals surface area contributed by atoms with Gasteiger partial charge in [-0.15, -0.1) is 0 Å². The van der Waals surface area contributed by atoms with Crippen LogP contribution in [0.2, 0.25) is 0 Å². The second-order valence-electron chi connectivity index (χ2n) is 3.53. The topological polar surface area (TPSA) is 47.0 Å². The molecule has 1 aromatic heterocycles. The summed E-state index contributed by atoms with van der Waals surface area (Å²) in [5.41, 5.74) is 0.393. The Kier molecular flexibility index (Phi) is 4.69. The summed E-state index contributed by atoms with van der Waals surface area (Å²) in [6.07, 6.45) is -2.66. The molecule has 1 heterocycles. The van der Waals surface area contributed by atoms with Gasteiger partial charge in [0.25, 0.3) is 0 Å². The lowest BCUT2D eigenvalue weighted by molar-refractivity contribution is -0.148. The van der Waals surface area contributed by atoms with E-state index in [0.717, 1.165) is 6.33 Å². The van der Waals surface area contributed by atoms with E-state index in [1.807, 2.05) is 6.92 Å². The number of aromatic nitrogens is 2. The number of halogens is 4. The lowest BCUT2D eigenvalue weighted by Crippen LogP contribution is -2.34. The molecule has 1 N–H and O–H groups in total. The molecule has 8 heteroatoms. The number of nitrogens with zero attached hydrogens (tertiary/aromatic N) is 2. The minimum atomic E-state index is -4.20. The predicted octanol–water partition coefficient (Wildman–Crippen LogP) is 2.50. The molecule has 0 aliphatic rings. The van der Waals surface area contributed by atoms with E-state index in [4.69, 9.17) is 0 Å². The second-order valence-corrected chi connectivity index (χ2v) is 3.53. The average Bonchev–Trinajstić information content (AvgIpc) is 2.30. The van der Waals surface area contributed by atoms with Gasteiger partial charge in [0.05, 0.1) is 5.56 Å². The van der Waals surface area contributed by atoms with Crippen LogP contribution < -0.4 is 10.1 Å². The highest BCUT2D eigenvalue weighted by molar-refractivity contribution is 5.47. The first-order valence-corrected chi connectivity index (χ1v) is 5.22. The van der Waals surface area contributed by atoms with Gasteiger partial charge in [0, 0.05) is 6.54 Å². The lowest BCUT2D eigenvalue weighted by atomic mass is 10.3. The molecule has 0 bridgehead atoms. The van der Waals surface area contributed by atoms with Gasteiger partial charge >= 0.3 is 12.3 Å². The van der Waals surface area contributed by atoms with E-state index in [1.165, 1.54) is 0 Å². The predicted molar refractivity (Wildman–Crippen MR) is 57.4 cm³/mol. The van der Waals surface area contributed by atoms with Crippen molar-refractivity contribution in [1.82, 2.24) is 9.97 Å². The van der Waals surface area contributed by atoms with Crippen LogP contribution in [0.25, 0.3) is 0 Å². The van der Waals surface area contributed by atoms with Gasteiger partial charge in [-0.05, 0) is 13.8 Å². The fourth-order valence-electron chi connectivity index (χ4n) is 1.15. The van der Waals surface area contributed by atoms with Gasteiger partial charge in [-0.2, -0.15) is 8.78 Å². The van der Waals surface area contributed by atoms with Crippen LogP contribution in [0, 0.1) is 6.92 Å². The molecule has 0 unspecified atom stereocenters. The first kappa shape index (κ1) is 14.5. The van der Waals surface area contributed by atoms with Crippen LogP contribution in [0.5, 0.6) is 5.88 Å². The molecule has 0 amide bonds. The number of hydrogen-bond donors (Lipinski definition) is 1. The fraction of sp³-hybridized carbons (Fsp3) is 0.600. The van der Waals surface area contributed by atoms with Crippen LogP contribution in [0.1, 0.15) is 12.5 Å². The van der Waals surface area contributed by atoms with Crippen molar-refractivity contribution in [3.8, 4) is 5.88 Å². The molecule has 0 aliphatic carbocycles. The standard InChI is InChI=1S/C10H13F4N3O/c1-3-15-7-6(2)8(17-5-16-7)18-4-10(13,14)9(11)12/h5,9H,3-4H2,1-2H3,(H,15,16,17). The monoisotopic (exact) mass is 267 g/mol. The highest BCUT2D eigenvalue weighted by atomic mass is 19.3. The third kappa shape index (κ3) is 3.44. The zero-order valence-electron chi connectivity index (χ0n) is 9.88. The van der Waals surface area contributed by atoms with Crippen LogP contribution in [-0.4, -0.2) is 35.5 Å². The molecule has 0 aromatic carbocycles. The fourth-order valence-corrected chi connectivity index (χ4v) is 1.15. The molecule has 0 aliphatic heterocycles. The third-order valence-corrected chi connectivity index (χ3v) is 2.10. The van der Waals surface area contributed by atoms with E-state index in [1.54, 1.807) is 6.92 Å². The maximum atomic E-state index is 12.7. The third-order valence-electron chi connectivity index (χ3n) is 2.10. The van der Waals surface area contributed by atoms with Crippen LogP contribution in [-0.2, 0) is 0 Å². The molecular formula is C10H13F4N3O. The Bertz CT molecular complexity index is 401. The van der Waals surface area contributed by atoms with E-state index in [2.05, 4.69) is 20.0 Å². The maximum absolute atomic E-state index is 12.7. The van der Waals surface area contributed by atoms with Gasteiger partial charge in [0.2, 0.25) is 5.88 Å². The normalized spacial score (nSPS) is 11.7. The van der Waals surface area contributed by atoms with Crippen molar-refractivity contribution in [1.29, 1.82) is 0 Å². The number of nitrogens with one attached hydrogen (secondary N) is 1. The minimum absolute atomic E-state index is 0.138. The van der Waals surface area contributed by atoms with Gasteiger partial charge in [0.1, 0.15) is 12.1 Å². The molecule has 0 fully saturated rings. The molecule has 0 atom stereocenters. The Hall–Kier alpha value is -1.60. The van der Waals surface area contributed by atoms with Crippen molar-refractivity contribution in [2.24, 2.45) is 0 Å². The zero-order chi connectivity index (χ0) is 13.8. The SMILES string of the molecule is CCNc1ncnc(OCC(F)(F)C(F)F)c1C. The molecule has 0 saturated carbocycles. The number of ether oxygens (including phenoxy) is 1. The number of hydrogen-bond acceptors (Lipinski definition) is 4. The lowest BCUT2D eigenvalue weighted by Gasteiger charge is -2.17. The number of alkyl halides is 4. The molecule has 102 valence electrons. The minimum Gasteiger partial charge on any atom is -0.471 e. The van der Waals surface area contributed by atoms with Crippen LogP contribution in [0.15, 0.2) is 6.33 Å². The summed E-state index contributed by atoms with van der Waals surface area (Å²) in [7, 11) is 0. The van der Waals surface area contributed by atoms with Crippen LogP contribution in [0.4, 0.5) is 23.4 Å². The molecule has 0 radical (unpaired) electrons. The summed E-state index contributed by atoms with van der Waals surface area (Å²) in [5.74, 6) is -3.92. The van der Waals surface area contributed by atoms with Crippen molar-refractivity contribution < 1.29 is 22.3 Å². The molecule has 0 saturated heterocycles. The Morgan fingerprint density at radius 3 is 2.61 bits per heavy atom. The molecule has 18 heavy (non-hydrogen) atoms. The largest absolute Gasteiger partial charge is 0.471 e. The first-order valence-electron chi connectivity index (χ1n) is 5.22. The molecular weight excluding hydrogens is 254 g/mol. The van der Waals surface area contributed by atoms with Crippen LogP contribution in [0.3, 0.4) is 0 Å². The number of rotatable bonds is 6. The summed E-state index contributed by atoms with van der Waals surface area (Å²) in [4.78, 5) is 7.50.